The zero-order chi connectivity index (χ0) is 14.4. The molecular weight excluding hydrogens is 242 g/mol. The molecule has 2 rings (SSSR count). The predicted molar refractivity (Wildman–Crippen MR) is 88.3 cm³/mol. The van der Waals surface area contributed by atoms with Crippen LogP contribution in [0.2, 0.25) is 0 Å². The monoisotopic (exact) mass is 267 g/mol. The quantitative estimate of drug-likeness (QED) is 0.741. The normalized spacial score (nSPS) is 12.2. The van der Waals surface area contributed by atoms with Crippen LogP contribution in [0.25, 0.3) is 0 Å². The van der Waals surface area contributed by atoms with Gasteiger partial charge in [0, 0.05) is 12.2 Å². The Bertz CT molecular complexity index is 510. The molecule has 2 aromatic carbocycles. The van der Waals surface area contributed by atoms with Crippen LogP contribution in [0.3, 0.4) is 0 Å². The van der Waals surface area contributed by atoms with Gasteiger partial charge in [-0.25, -0.2) is 0 Å². The van der Waals surface area contributed by atoms with E-state index in [0.717, 1.165) is 13.0 Å². The van der Waals surface area contributed by atoms with Gasteiger partial charge in [-0.1, -0.05) is 57.2 Å². The first kappa shape index (κ1) is 14.6. The first-order valence-electron chi connectivity index (χ1n) is 7.64. The summed E-state index contributed by atoms with van der Waals surface area (Å²) in [4.78, 5) is 0. The standard InChI is InChI=1S/C19H25N/c1-4-15(3)18-10-12-19(13-11-18)20-14-17-8-6-16(5-2)7-9-17/h6-13,15,20H,4-5,14H2,1-3H3. The number of rotatable bonds is 6. The Balaban J connectivity index is 1.93. The third-order valence-electron chi connectivity index (χ3n) is 4.02. The second-order valence-corrected chi connectivity index (χ2v) is 5.45. The number of hydrogen-bond donors (Lipinski definition) is 1. The van der Waals surface area contributed by atoms with E-state index in [0.29, 0.717) is 5.92 Å². The van der Waals surface area contributed by atoms with Crippen LogP contribution in [0.4, 0.5) is 5.69 Å². The summed E-state index contributed by atoms with van der Waals surface area (Å²) < 4.78 is 0. The Hall–Kier alpha value is -1.76. The smallest absolute Gasteiger partial charge is 0.0400 e. The van der Waals surface area contributed by atoms with Crippen LogP contribution >= 0.6 is 0 Å². The Morgan fingerprint density at radius 2 is 1.45 bits per heavy atom. The minimum Gasteiger partial charge on any atom is -0.381 e. The van der Waals surface area contributed by atoms with Gasteiger partial charge in [-0.05, 0) is 47.6 Å². The lowest BCUT2D eigenvalue weighted by atomic mass is 9.98. The Kier molecular flexibility index (Phi) is 5.23. The molecule has 1 N–H and O–H groups in total. The number of anilines is 1. The molecule has 0 heterocycles. The van der Waals surface area contributed by atoms with E-state index < -0.39 is 0 Å². The van der Waals surface area contributed by atoms with Gasteiger partial charge in [0.25, 0.3) is 0 Å². The summed E-state index contributed by atoms with van der Waals surface area (Å²) in [6, 6.07) is 17.7. The Morgan fingerprint density at radius 1 is 0.850 bits per heavy atom. The van der Waals surface area contributed by atoms with Gasteiger partial charge < -0.3 is 5.32 Å². The average Bonchev–Trinajstić information content (AvgIpc) is 2.53. The summed E-state index contributed by atoms with van der Waals surface area (Å²) in [5.74, 6) is 0.644. The van der Waals surface area contributed by atoms with Crippen molar-refractivity contribution in [2.45, 2.75) is 46.1 Å². The average molecular weight is 267 g/mol. The molecule has 1 heteroatoms. The highest BCUT2D eigenvalue weighted by atomic mass is 14.9. The lowest BCUT2D eigenvalue weighted by Crippen LogP contribution is -2.00. The lowest BCUT2D eigenvalue weighted by molar-refractivity contribution is 0.734. The van der Waals surface area contributed by atoms with Crippen LogP contribution < -0.4 is 5.32 Å². The molecule has 1 atom stereocenters. The minimum atomic E-state index is 0.644. The van der Waals surface area contributed by atoms with E-state index in [1.165, 1.54) is 28.8 Å². The molecule has 0 bridgehead atoms. The molecule has 0 spiro atoms. The fourth-order valence-corrected chi connectivity index (χ4v) is 2.26. The highest BCUT2D eigenvalue weighted by molar-refractivity contribution is 5.45. The maximum atomic E-state index is 3.48. The second kappa shape index (κ2) is 7.14. The summed E-state index contributed by atoms with van der Waals surface area (Å²) in [6.45, 7) is 7.58. The van der Waals surface area contributed by atoms with Crippen LogP contribution in [0.1, 0.15) is 49.8 Å². The molecule has 0 radical (unpaired) electrons. The van der Waals surface area contributed by atoms with E-state index in [4.69, 9.17) is 0 Å². The fraction of sp³-hybridized carbons (Fsp3) is 0.368. The maximum absolute atomic E-state index is 3.48. The molecule has 0 aliphatic carbocycles. The van der Waals surface area contributed by atoms with Gasteiger partial charge in [0.05, 0.1) is 0 Å². The molecular formula is C19H25N. The number of nitrogens with one attached hydrogen (secondary N) is 1. The summed E-state index contributed by atoms with van der Waals surface area (Å²) in [5.41, 5.74) is 5.34. The summed E-state index contributed by atoms with van der Waals surface area (Å²) in [7, 11) is 0. The van der Waals surface area contributed by atoms with Gasteiger partial charge >= 0.3 is 0 Å². The molecule has 106 valence electrons. The minimum absolute atomic E-state index is 0.644. The van der Waals surface area contributed by atoms with Crippen molar-refractivity contribution in [1.82, 2.24) is 0 Å². The highest BCUT2D eigenvalue weighted by Crippen LogP contribution is 2.20. The summed E-state index contributed by atoms with van der Waals surface area (Å²) in [5, 5.41) is 3.48. The van der Waals surface area contributed by atoms with Gasteiger partial charge in [-0.2, -0.15) is 0 Å². The van der Waals surface area contributed by atoms with E-state index in [1.54, 1.807) is 0 Å². The van der Waals surface area contributed by atoms with Gasteiger partial charge in [0.1, 0.15) is 0 Å². The first-order valence-corrected chi connectivity index (χ1v) is 7.64. The number of hydrogen-bond acceptors (Lipinski definition) is 1. The topological polar surface area (TPSA) is 12.0 Å². The van der Waals surface area contributed by atoms with Crippen LogP contribution in [0.5, 0.6) is 0 Å². The molecule has 0 saturated heterocycles. The first-order chi connectivity index (χ1) is 9.72. The maximum Gasteiger partial charge on any atom is 0.0400 e. The molecule has 20 heavy (non-hydrogen) atoms. The Morgan fingerprint density at radius 3 is 2.00 bits per heavy atom. The number of benzene rings is 2. The third-order valence-corrected chi connectivity index (χ3v) is 4.02. The van der Waals surface area contributed by atoms with E-state index in [9.17, 15) is 0 Å². The van der Waals surface area contributed by atoms with E-state index >= 15 is 0 Å². The van der Waals surface area contributed by atoms with Gasteiger partial charge in [-0.15, -0.1) is 0 Å². The largest absolute Gasteiger partial charge is 0.381 e. The highest BCUT2D eigenvalue weighted by Gasteiger charge is 2.02. The van der Waals surface area contributed by atoms with Crippen molar-refractivity contribution < 1.29 is 0 Å². The van der Waals surface area contributed by atoms with Crippen molar-refractivity contribution >= 4 is 5.69 Å². The predicted octanol–water partition coefficient (Wildman–Crippen LogP) is 5.37. The molecule has 0 fully saturated rings. The fourth-order valence-electron chi connectivity index (χ4n) is 2.26. The molecule has 1 unspecified atom stereocenters. The van der Waals surface area contributed by atoms with E-state index in [-0.39, 0.29) is 0 Å². The van der Waals surface area contributed by atoms with Crippen molar-refractivity contribution in [1.29, 1.82) is 0 Å². The van der Waals surface area contributed by atoms with Gasteiger partial charge in [0.15, 0.2) is 0 Å². The van der Waals surface area contributed by atoms with Crippen LogP contribution in [0.15, 0.2) is 48.5 Å². The van der Waals surface area contributed by atoms with Crippen LogP contribution in [-0.2, 0) is 13.0 Å². The zero-order valence-electron chi connectivity index (χ0n) is 12.8. The molecule has 2 aromatic rings. The molecule has 0 amide bonds. The third kappa shape index (κ3) is 3.86. The Labute approximate surface area is 123 Å². The SMILES string of the molecule is CCc1ccc(CNc2ccc(C(C)CC)cc2)cc1. The van der Waals surface area contributed by atoms with Crippen LogP contribution in [0, 0.1) is 0 Å². The molecule has 1 nitrogen and oxygen atoms in total. The van der Waals surface area contributed by atoms with Crippen LogP contribution in [-0.4, -0.2) is 0 Å². The van der Waals surface area contributed by atoms with Crippen molar-refractivity contribution in [3.8, 4) is 0 Å². The second-order valence-electron chi connectivity index (χ2n) is 5.45. The summed E-state index contributed by atoms with van der Waals surface area (Å²) >= 11 is 0. The van der Waals surface area contributed by atoms with E-state index in [1.807, 2.05) is 0 Å². The molecule has 0 aliphatic heterocycles. The molecule has 0 aromatic heterocycles. The van der Waals surface area contributed by atoms with E-state index in [2.05, 4.69) is 74.6 Å². The van der Waals surface area contributed by atoms with Crippen molar-refractivity contribution in [3.63, 3.8) is 0 Å². The van der Waals surface area contributed by atoms with Gasteiger partial charge in [0.2, 0.25) is 0 Å². The lowest BCUT2D eigenvalue weighted by Gasteiger charge is -2.11. The molecule has 0 aliphatic rings. The van der Waals surface area contributed by atoms with Crippen molar-refractivity contribution in [2.75, 3.05) is 5.32 Å². The van der Waals surface area contributed by atoms with Crippen molar-refractivity contribution in [2.24, 2.45) is 0 Å². The van der Waals surface area contributed by atoms with Crippen molar-refractivity contribution in [3.05, 3.63) is 65.2 Å². The number of aryl methyl sites for hydroxylation is 1. The zero-order valence-corrected chi connectivity index (χ0v) is 12.8. The van der Waals surface area contributed by atoms with Gasteiger partial charge in [-0.3, -0.25) is 0 Å². The summed E-state index contributed by atoms with van der Waals surface area (Å²) in [6.07, 6.45) is 2.29. The molecule has 0 saturated carbocycles.